The van der Waals surface area contributed by atoms with Crippen molar-refractivity contribution in [2.75, 3.05) is 18.4 Å². The Hall–Kier alpha value is -2.82. The number of piperidine rings is 1. The Labute approximate surface area is 159 Å². The number of Topliss-reactive ketones (excluding diaryl/α,β-unsaturated/α-hetero) is 1. The molecule has 1 spiro atoms. The van der Waals surface area contributed by atoms with Gasteiger partial charge in [0.05, 0.1) is 12.0 Å². The molecule has 140 valence electrons. The summed E-state index contributed by atoms with van der Waals surface area (Å²) in [7, 11) is 0. The molecule has 2 aliphatic rings. The second-order valence-corrected chi connectivity index (χ2v) is 7.67. The maximum atomic E-state index is 12.6. The molecule has 0 unspecified atom stereocenters. The summed E-state index contributed by atoms with van der Waals surface area (Å²) in [6, 6.07) is 13.3. The van der Waals surface area contributed by atoms with Gasteiger partial charge in [0.15, 0.2) is 5.78 Å². The van der Waals surface area contributed by atoms with Crippen LogP contribution in [0.2, 0.25) is 0 Å². The van der Waals surface area contributed by atoms with Crippen molar-refractivity contribution < 1.29 is 14.3 Å². The van der Waals surface area contributed by atoms with E-state index in [0.29, 0.717) is 43.7 Å². The van der Waals surface area contributed by atoms with Gasteiger partial charge in [0.25, 0.3) is 0 Å². The van der Waals surface area contributed by atoms with Crippen LogP contribution in [0.1, 0.15) is 40.7 Å². The number of urea groups is 1. The normalized spacial score (nSPS) is 18.0. The lowest BCUT2D eigenvalue weighted by molar-refractivity contribution is 0.000391. The summed E-state index contributed by atoms with van der Waals surface area (Å²) in [5.41, 5.74) is 3.24. The van der Waals surface area contributed by atoms with Crippen LogP contribution in [0.4, 0.5) is 10.5 Å². The maximum absolute atomic E-state index is 12.6. The van der Waals surface area contributed by atoms with E-state index in [1.165, 1.54) is 0 Å². The van der Waals surface area contributed by atoms with Crippen molar-refractivity contribution in [3.63, 3.8) is 0 Å². The van der Waals surface area contributed by atoms with Gasteiger partial charge in [-0.2, -0.15) is 0 Å². The Kier molecular flexibility index (Phi) is 4.38. The lowest BCUT2D eigenvalue weighted by atomic mass is 9.82. The highest BCUT2D eigenvalue weighted by Crippen LogP contribution is 2.39. The number of fused-ring (bicyclic) bond motifs is 1. The number of benzene rings is 2. The van der Waals surface area contributed by atoms with Crippen LogP contribution >= 0.6 is 0 Å². The van der Waals surface area contributed by atoms with Crippen molar-refractivity contribution in [2.45, 2.75) is 38.7 Å². The molecule has 2 aliphatic heterocycles. The second kappa shape index (κ2) is 6.72. The molecular weight excluding hydrogens is 340 g/mol. The number of likely N-dealkylation sites (tertiary alicyclic amines) is 1. The first-order valence-corrected chi connectivity index (χ1v) is 9.40. The second-order valence-electron chi connectivity index (χ2n) is 7.67. The monoisotopic (exact) mass is 364 g/mol. The van der Waals surface area contributed by atoms with Crippen LogP contribution in [-0.4, -0.2) is 35.4 Å². The highest BCUT2D eigenvalue weighted by Gasteiger charge is 2.43. The lowest BCUT2D eigenvalue weighted by Gasteiger charge is -2.43. The Morgan fingerprint density at radius 1 is 1.07 bits per heavy atom. The van der Waals surface area contributed by atoms with E-state index in [-0.39, 0.29) is 11.8 Å². The summed E-state index contributed by atoms with van der Waals surface area (Å²) in [6.07, 6.45) is 1.71. The standard InChI is InChI=1S/C22H24N2O3/c1-15-11-16(2)13-17(12-15)23-21(26)24-9-7-22(8-10-24)14-19(25)18-5-3-4-6-20(18)27-22/h3-6,11-13H,7-10,14H2,1-2H3,(H,23,26). The van der Waals surface area contributed by atoms with Crippen molar-refractivity contribution >= 4 is 17.5 Å². The quantitative estimate of drug-likeness (QED) is 0.819. The first-order valence-electron chi connectivity index (χ1n) is 9.40. The highest BCUT2D eigenvalue weighted by atomic mass is 16.5. The molecule has 2 aromatic rings. The molecule has 2 aromatic carbocycles. The number of nitrogens with zero attached hydrogens (tertiary/aromatic N) is 1. The number of hydrogen-bond acceptors (Lipinski definition) is 3. The third-order valence-corrected chi connectivity index (χ3v) is 5.43. The molecule has 2 heterocycles. The van der Waals surface area contributed by atoms with Gasteiger partial charge in [0.1, 0.15) is 11.4 Å². The molecule has 0 saturated carbocycles. The predicted octanol–water partition coefficient (Wildman–Crippen LogP) is 4.34. The molecule has 1 N–H and O–H groups in total. The van der Waals surface area contributed by atoms with Crippen LogP contribution in [-0.2, 0) is 0 Å². The van der Waals surface area contributed by atoms with Crippen molar-refractivity contribution in [1.82, 2.24) is 4.90 Å². The molecule has 0 aliphatic carbocycles. The number of anilines is 1. The molecule has 0 bridgehead atoms. The van der Waals surface area contributed by atoms with Crippen LogP contribution in [0.3, 0.4) is 0 Å². The van der Waals surface area contributed by atoms with Crippen LogP contribution < -0.4 is 10.1 Å². The summed E-state index contributed by atoms with van der Waals surface area (Å²) in [4.78, 5) is 26.9. The van der Waals surface area contributed by atoms with E-state index < -0.39 is 5.60 Å². The van der Waals surface area contributed by atoms with E-state index in [9.17, 15) is 9.59 Å². The van der Waals surface area contributed by atoms with Crippen molar-refractivity contribution in [1.29, 1.82) is 0 Å². The number of para-hydroxylation sites is 1. The number of amides is 2. The molecule has 0 atom stereocenters. The summed E-state index contributed by atoms with van der Waals surface area (Å²) >= 11 is 0. The first-order chi connectivity index (χ1) is 12.9. The highest BCUT2D eigenvalue weighted by molar-refractivity contribution is 6.00. The minimum atomic E-state index is -0.484. The number of carbonyl (C=O) groups is 2. The Morgan fingerprint density at radius 3 is 2.44 bits per heavy atom. The van der Waals surface area contributed by atoms with Gasteiger partial charge in [-0.25, -0.2) is 4.79 Å². The van der Waals surface area contributed by atoms with Crippen LogP contribution in [0.25, 0.3) is 0 Å². The number of ketones is 1. The SMILES string of the molecule is Cc1cc(C)cc(NC(=O)N2CCC3(CC2)CC(=O)c2ccccc2O3)c1. The van der Waals surface area contributed by atoms with Crippen LogP contribution in [0, 0.1) is 13.8 Å². The number of carbonyl (C=O) groups excluding carboxylic acids is 2. The third kappa shape index (κ3) is 3.54. The fourth-order valence-electron chi connectivity index (χ4n) is 4.09. The molecule has 0 aromatic heterocycles. The van der Waals surface area contributed by atoms with Crippen molar-refractivity contribution in [3.05, 3.63) is 59.2 Å². The minimum absolute atomic E-state index is 0.0996. The zero-order valence-electron chi connectivity index (χ0n) is 15.7. The van der Waals surface area contributed by atoms with E-state index in [4.69, 9.17) is 4.74 Å². The zero-order chi connectivity index (χ0) is 19.0. The Morgan fingerprint density at radius 2 is 1.74 bits per heavy atom. The molecule has 2 amide bonds. The third-order valence-electron chi connectivity index (χ3n) is 5.43. The van der Waals surface area contributed by atoms with Gasteiger partial charge in [0, 0.05) is 31.6 Å². The molecule has 5 heteroatoms. The number of rotatable bonds is 1. The average Bonchev–Trinajstić information content (AvgIpc) is 2.61. The van der Waals surface area contributed by atoms with Gasteiger partial charge in [0.2, 0.25) is 0 Å². The minimum Gasteiger partial charge on any atom is -0.486 e. The Balaban J connectivity index is 1.42. The molecule has 4 rings (SSSR count). The van der Waals surface area contributed by atoms with Gasteiger partial charge in [-0.05, 0) is 49.2 Å². The number of hydrogen-bond donors (Lipinski definition) is 1. The Bertz CT molecular complexity index is 878. The first kappa shape index (κ1) is 17.6. The van der Waals surface area contributed by atoms with E-state index in [0.717, 1.165) is 16.8 Å². The van der Waals surface area contributed by atoms with Gasteiger partial charge in [-0.3, -0.25) is 4.79 Å². The van der Waals surface area contributed by atoms with E-state index in [1.807, 2.05) is 50.2 Å². The fourth-order valence-corrected chi connectivity index (χ4v) is 4.09. The summed E-state index contributed by atoms with van der Waals surface area (Å²) in [5, 5.41) is 2.99. The van der Waals surface area contributed by atoms with Crippen molar-refractivity contribution in [3.8, 4) is 5.75 Å². The van der Waals surface area contributed by atoms with E-state index in [1.54, 1.807) is 4.90 Å². The van der Waals surface area contributed by atoms with E-state index >= 15 is 0 Å². The number of aryl methyl sites for hydroxylation is 2. The summed E-state index contributed by atoms with van der Waals surface area (Å²) in [5.74, 6) is 0.798. The predicted molar refractivity (Wildman–Crippen MR) is 104 cm³/mol. The summed E-state index contributed by atoms with van der Waals surface area (Å²) < 4.78 is 6.23. The topological polar surface area (TPSA) is 58.6 Å². The van der Waals surface area contributed by atoms with Crippen LogP contribution in [0.5, 0.6) is 5.75 Å². The van der Waals surface area contributed by atoms with Crippen LogP contribution in [0.15, 0.2) is 42.5 Å². The molecular formula is C22H24N2O3. The lowest BCUT2D eigenvalue weighted by Crippen LogP contribution is -2.53. The fraction of sp³-hybridized carbons (Fsp3) is 0.364. The molecule has 1 saturated heterocycles. The summed E-state index contributed by atoms with van der Waals surface area (Å²) in [6.45, 7) is 5.18. The smallest absolute Gasteiger partial charge is 0.321 e. The van der Waals surface area contributed by atoms with E-state index in [2.05, 4.69) is 11.4 Å². The van der Waals surface area contributed by atoms with Gasteiger partial charge < -0.3 is 15.0 Å². The largest absolute Gasteiger partial charge is 0.486 e. The molecule has 0 radical (unpaired) electrons. The molecule has 27 heavy (non-hydrogen) atoms. The van der Waals surface area contributed by atoms with Crippen molar-refractivity contribution in [2.24, 2.45) is 0 Å². The zero-order valence-corrected chi connectivity index (χ0v) is 15.7. The van der Waals surface area contributed by atoms with Gasteiger partial charge in [-0.15, -0.1) is 0 Å². The van der Waals surface area contributed by atoms with Gasteiger partial charge >= 0.3 is 6.03 Å². The number of ether oxygens (including phenoxy) is 1. The average molecular weight is 364 g/mol. The number of nitrogens with one attached hydrogen (secondary N) is 1. The van der Waals surface area contributed by atoms with Gasteiger partial charge in [-0.1, -0.05) is 18.2 Å². The molecule has 1 fully saturated rings. The molecule has 5 nitrogen and oxygen atoms in total. The maximum Gasteiger partial charge on any atom is 0.321 e.